The predicted molar refractivity (Wildman–Crippen MR) is 38.9 cm³/mol. The number of nitrogens with one attached hydrogen (secondary N) is 1. The fourth-order valence-electron chi connectivity index (χ4n) is 0.664. The van der Waals surface area contributed by atoms with Crippen LogP contribution < -0.4 is 5.32 Å². The molecule has 1 amide bonds. The first-order valence-corrected chi connectivity index (χ1v) is 3.20. The molecule has 70 valence electrons. The minimum Gasteiger partial charge on any atom is -0.480 e. The maximum absolute atomic E-state index is 10.4. The summed E-state index contributed by atoms with van der Waals surface area (Å²) in [7, 11) is 0. The Kier molecular flexibility index (Phi) is 3.03. The molecule has 0 heterocycles. The standard InChI is InChI=1S/C6H11NO5/c1-6(2,12)3(4(8)9)7-5(10)11/h3,7,12H,1-2H3,(H,8,9)(H,10,11). The molecule has 0 aromatic rings. The number of amides is 1. The van der Waals surface area contributed by atoms with Crippen molar-refractivity contribution in [2.24, 2.45) is 0 Å². The van der Waals surface area contributed by atoms with Crippen molar-refractivity contribution in [3.8, 4) is 0 Å². The molecule has 12 heavy (non-hydrogen) atoms. The number of aliphatic carboxylic acids is 1. The van der Waals surface area contributed by atoms with Gasteiger partial charge < -0.3 is 20.6 Å². The lowest BCUT2D eigenvalue weighted by Crippen LogP contribution is -2.53. The van der Waals surface area contributed by atoms with E-state index in [1.54, 1.807) is 5.32 Å². The highest BCUT2D eigenvalue weighted by molar-refractivity contribution is 5.80. The second kappa shape index (κ2) is 3.40. The van der Waals surface area contributed by atoms with E-state index in [2.05, 4.69) is 0 Å². The van der Waals surface area contributed by atoms with Gasteiger partial charge in [0.25, 0.3) is 0 Å². The summed E-state index contributed by atoms with van der Waals surface area (Å²) < 4.78 is 0. The lowest BCUT2D eigenvalue weighted by molar-refractivity contribution is -0.145. The molecule has 6 heteroatoms. The van der Waals surface area contributed by atoms with Gasteiger partial charge in [0.2, 0.25) is 0 Å². The molecule has 0 radical (unpaired) electrons. The van der Waals surface area contributed by atoms with E-state index >= 15 is 0 Å². The molecule has 0 spiro atoms. The Morgan fingerprint density at radius 3 is 1.83 bits per heavy atom. The van der Waals surface area contributed by atoms with Crippen molar-refractivity contribution in [1.29, 1.82) is 0 Å². The van der Waals surface area contributed by atoms with E-state index in [1.165, 1.54) is 13.8 Å². The number of aliphatic hydroxyl groups is 1. The quantitative estimate of drug-likeness (QED) is 0.464. The van der Waals surface area contributed by atoms with Crippen molar-refractivity contribution in [2.75, 3.05) is 0 Å². The summed E-state index contributed by atoms with van der Waals surface area (Å²) in [5.74, 6) is -1.41. The van der Waals surface area contributed by atoms with E-state index in [0.717, 1.165) is 0 Å². The second-order valence-corrected chi connectivity index (χ2v) is 2.87. The summed E-state index contributed by atoms with van der Waals surface area (Å²) in [5.41, 5.74) is -1.62. The average molecular weight is 177 g/mol. The van der Waals surface area contributed by atoms with Gasteiger partial charge in [0.15, 0.2) is 6.04 Å². The van der Waals surface area contributed by atoms with Gasteiger partial charge in [-0.1, -0.05) is 0 Å². The van der Waals surface area contributed by atoms with E-state index in [-0.39, 0.29) is 0 Å². The highest BCUT2D eigenvalue weighted by atomic mass is 16.4. The minimum atomic E-state index is -1.62. The van der Waals surface area contributed by atoms with Gasteiger partial charge in [-0.05, 0) is 13.8 Å². The van der Waals surface area contributed by atoms with Gasteiger partial charge in [-0.15, -0.1) is 0 Å². The third kappa shape index (κ3) is 3.20. The van der Waals surface area contributed by atoms with Crippen LogP contribution in [0.25, 0.3) is 0 Å². The molecule has 1 atom stereocenters. The van der Waals surface area contributed by atoms with Gasteiger partial charge in [-0.25, -0.2) is 9.59 Å². The molecule has 0 aliphatic heterocycles. The topological polar surface area (TPSA) is 107 Å². The molecule has 0 fully saturated rings. The molecule has 4 N–H and O–H groups in total. The van der Waals surface area contributed by atoms with Crippen molar-refractivity contribution in [3.05, 3.63) is 0 Å². The number of carboxylic acid groups (broad SMARTS) is 2. The van der Waals surface area contributed by atoms with Gasteiger partial charge in [0.1, 0.15) is 0 Å². The first-order chi connectivity index (χ1) is 5.25. The van der Waals surface area contributed by atoms with Gasteiger partial charge in [-0.3, -0.25) is 0 Å². The van der Waals surface area contributed by atoms with Crippen LogP contribution in [0.5, 0.6) is 0 Å². The lowest BCUT2D eigenvalue weighted by atomic mass is 9.99. The Labute approximate surface area is 68.8 Å². The van der Waals surface area contributed by atoms with Crippen LogP contribution in [-0.4, -0.2) is 39.0 Å². The summed E-state index contributed by atoms with van der Waals surface area (Å²) in [6.07, 6.45) is -1.48. The average Bonchev–Trinajstić information content (AvgIpc) is 1.79. The van der Waals surface area contributed by atoms with Crippen molar-refractivity contribution in [2.45, 2.75) is 25.5 Å². The summed E-state index contributed by atoms with van der Waals surface area (Å²) >= 11 is 0. The SMILES string of the molecule is CC(C)(O)C(NC(=O)O)C(=O)O. The molecular weight excluding hydrogens is 166 g/mol. The first kappa shape index (κ1) is 10.7. The smallest absolute Gasteiger partial charge is 0.405 e. The minimum absolute atomic E-state index is 1.21. The van der Waals surface area contributed by atoms with Crippen LogP contribution in [0.2, 0.25) is 0 Å². The molecule has 6 nitrogen and oxygen atoms in total. The zero-order valence-corrected chi connectivity index (χ0v) is 6.74. The Hall–Kier alpha value is -1.30. The van der Waals surface area contributed by atoms with E-state index in [4.69, 9.17) is 10.2 Å². The molecule has 0 saturated heterocycles. The highest BCUT2D eigenvalue weighted by Crippen LogP contribution is 2.08. The van der Waals surface area contributed by atoms with E-state index in [1.807, 2.05) is 0 Å². The number of carbonyl (C=O) groups is 2. The summed E-state index contributed by atoms with van der Waals surface area (Å²) in [5, 5.41) is 27.6. The maximum atomic E-state index is 10.4. The van der Waals surface area contributed by atoms with E-state index < -0.39 is 23.7 Å². The first-order valence-electron chi connectivity index (χ1n) is 3.20. The fraction of sp³-hybridized carbons (Fsp3) is 0.667. The molecule has 0 rings (SSSR count). The number of hydrogen-bond donors (Lipinski definition) is 4. The van der Waals surface area contributed by atoms with Crippen molar-refractivity contribution >= 4 is 12.1 Å². The van der Waals surface area contributed by atoms with Crippen LogP contribution in [0.3, 0.4) is 0 Å². The molecular formula is C6H11NO5. The Morgan fingerprint density at radius 2 is 1.75 bits per heavy atom. The van der Waals surface area contributed by atoms with Crippen molar-refractivity contribution in [3.63, 3.8) is 0 Å². The third-order valence-electron chi connectivity index (χ3n) is 1.22. The van der Waals surface area contributed by atoms with Crippen LogP contribution in [0.1, 0.15) is 13.8 Å². The molecule has 0 aromatic carbocycles. The molecule has 0 saturated carbocycles. The molecule has 0 aliphatic carbocycles. The van der Waals surface area contributed by atoms with Crippen LogP contribution in [0.4, 0.5) is 4.79 Å². The van der Waals surface area contributed by atoms with Crippen LogP contribution in [0, 0.1) is 0 Å². The van der Waals surface area contributed by atoms with Gasteiger partial charge in [0, 0.05) is 0 Å². The molecule has 0 aromatic heterocycles. The lowest BCUT2D eigenvalue weighted by Gasteiger charge is -2.24. The number of carboxylic acids is 1. The Morgan fingerprint density at radius 1 is 1.33 bits per heavy atom. The van der Waals surface area contributed by atoms with Gasteiger partial charge in [0.05, 0.1) is 5.60 Å². The number of hydrogen-bond acceptors (Lipinski definition) is 3. The largest absolute Gasteiger partial charge is 0.480 e. The molecule has 1 unspecified atom stereocenters. The third-order valence-corrected chi connectivity index (χ3v) is 1.22. The van der Waals surface area contributed by atoms with Gasteiger partial charge >= 0.3 is 12.1 Å². The zero-order chi connectivity index (χ0) is 9.94. The van der Waals surface area contributed by atoms with Crippen LogP contribution in [-0.2, 0) is 4.79 Å². The van der Waals surface area contributed by atoms with Crippen molar-refractivity contribution < 1.29 is 24.9 Å². The van der Waals surface area contributed by atoms with Crippen LogP contribution >= 0.6 is 0 Å². The highest BCUT2D eigenvalue weighted by Gasteiger charge is 2.34. The van der Waals surface area contributed by atoms with Gasteiger partial charge in [-0.2, -0.15) is 0 Å². The Bertz CT molecular complexity index is 195. The Balaban J connectivity index is 4.46. The summed E-state index contributed by atoms with van der Waals surface area (Å²) in [4.78, 5) is 20.5. The van der Waals surface area contributed by atoms with E-state index in [9.17, 15) is 14.7 Å². The fourth-order valence-corrected chi connectivity index (χ4v) is 0.664. The number of rotatable bonds is 3. The zero-order valence-electron chi connectivity index (χ0n) is 6.74. The normalized spacial score (nSPS) is 13.6. The molecule has 0 aliphatic rings. The predicted octanol–water partition coefficient (Wildman–Crippen LogP) is -0.522. The van der Waals surface area contributed by atoms with Crippen LogP contribution in [0.15, 0.2) is 0 Å². The van der Waals surface area contributed by atoms with Crippen molar-refractivity contribution in [1.82, 2.24) is 5.32 Å². The monoisotopic (exact) mass is 177 g/mol. The molecule has 0 bridgehead atoms. The van der Waals surface area contributed by atoms with E-state index in [0.29, 0.717) is 0 Å². The summed E-state index contributed by atoms with van der Waals surface area (Å²) in [6, 6.07) is -1.52. The second-order valence-electron chi connectivity index (χ2n) is 2.87. The maximum Gasteiger partial charge on any atom is 0.405 e. The summed E-state index contributed by atoms with van der Waals surface area (Å²) in [6.45, 7) is 2.42.